The number of fused-ring (bicyclic) bond motifs is 1. The van der Waals surface area contributed by atoms with Crippen molar-refractivity contribution in [2.75, 3.05) is 32.8 Å². The van der Waals surface area contributed by atoms with Crippen LogP contribution in [0.4, 0.5) is 0 Å². The molecule has 1 N–H and O–H groups in total. The summed E-state index contributed by atoms with van der Waals surface area (Å²) in [5.41, 5.74) is 1.36. The SMILES string of the molecule is O=S(=O)(NCC1CCN(Cc2ccsc2)CC1)c1ccc2c(c1)OCCO2. The molecular weight excluding hydrogens is 384 g/mol. The molecule has 0 aliphatic carbocycles. The number of hydrogen-bond donors (Lipinski definition) is 1. The molecule has 2 aromatic rings. The second-order valence-electron chi connectivity index (χ2n) is 7.01. The maximum Gasteiger partial charge on any atom is 0.240 e. The number of ether oxygens (including phenoxy) is 2. The number of benzene rings is 1. The summed E-state index contributed by atoms with van der Waals surface area (Å²) >= 11 is 1.73. The first kappa shape index (κ1) is 18.7. The van der Waals surface area contributed by atoms with Crippen molar-refractivity contribution in [3.8, 4) is 11.5 Å². The lowest BCUT2D eigenvalue weighted by Gasteiger charge is -2.31. The topological polar surface area (TPSA) is 67.9 Å². The Morgan fingerprint density at radius 1 is 1.11 bits per heavy atom. The fraction of sp³-hybridized carbons (Fsp3) is 0.474. The smallest absolute Gasteiger partial charge is 0.240 e. The van der Waals surface area contributed by atoms with Gasteiger partial charge in [-0.15, -0.1) is 0 Å². The molecule has 6 nitrogen and oxygen atoms in total. The monoisotopic (exact) mass is 408 g/mol. The van der Waals surface area contributed by atoms with E-state index in [4.69, 9.17) is 9.47 Å². The fourth-order valence-electron chi connectivity index (χ4n) is 3.49. The Labute approximate surface area is 164 Å². The van der Waals surface area contributed by atoms with E-state index in [0.717, 1.165) is 32.5 Å². The van der Waals surface area contributed by atoms with Crippen LogP contribution in [0.1, 0.15) is 18.4 Å². The van der Waals surface area contributed by atoms with Crippen LogP contribution in [-0.4, -0.2) is 46.2 Å². The van der Waals surface area contributed by atoms with Crippen LogP contribution in [0.5, 0.6) is 11.5 Å². The number of nitrogens with zero attached hydrogens (tertiary/aromatic N) is 1. The van der Waals surface area contributed by atoms with Gasteiger partial charge >= 0.3 is 0 Å². The Balaban J connectivity index is 1.29. The molecule has 0 saturated carbocycles. The molecule has 2 aliphatic rings. The summed E-state index contributed by atoms with van der Waals surface area (Å²) in [6.45, 7) is 4.40. The van der Waals surface area contributed by atoms with Gasteiger partial charge in [-0.25, -0.2) is 13.1 Å². The van der Waals surface area contributed by atoms with Gasteiger partial charge in [-0.05, 0) is 66.4 Å². The van der Waals surface area contributed by atoms with Crippen LogP contribution in [0.2, 0.25) is 0 Å². The van der Waals surface area contributed by atoms with E-state index in [2.05, 4.69) is 26.4 Å². The van der Waals surface area contributed by atoms with Crippen molar-refractivity contribution in [3.63, 3.8) is 0 Å². The molecule has 0 atom stereocenters. The maximum atomic E-state index is 12.6. The van der Waals surface area contributed by atoms with Gasteiger partial charge in [0, 0.05) is 19.2 Å². The van der Waals surface area contributed by atoms with Crippen molar-refractivity contribution in [1.29, 1.82) is 0 Å². The highest BCUT2D eigenvalue weighted by molar-refractivity contribution is 7.89. The molecule has 146 valence electrons. The van der Waals surface area contributed by atoms with Crippen LogP contribution in [0.25, 0.3) is 0 Å². The number of hydrogen-bond acceptors (Lipinski definition) is 6. The first-order valence-electron chi connectivity index (χ1n) is 9.23. The Morgan fingerprint density at radius 2 is 1.89 bits per heavy atom. The molecule has 0 bridgehead atoms. The number of rotatable bonds is 6. The molecular formula is C19H24N2O4S2. The average molecular weight is 409 g/mol. The van der Waals surface area contributed by atoms with Crippen molar-refractivity contribution in [2.24, 2.45) is 5.92 Å². The summed E-state index contributed by atoms with van der Waals surface area (Å²) in [6.07, 6.45) is 2.02. The van der Waals surface area contributed by atoms with E-state index in [1.165, 1.54) is 5.56 Å². The summed E-state index contributed by atoms with van der Waals surface area (Å²) in [5.74, 6) is 1.46. The summed E-state index contributed by atoms with van der Waals surface area (Å²) in [7, 11) is -3.55. The average Bonchev–Trinajstić information content (AvgIpc) is 3.20. The molecule has 4 rings (SSSR count). The van der Waals surface area contributed by atoms with E-state index < -0.39 is 10.0 Å². The van der Waals surface area contributed by atoms with Crippen LogP contribution in [0.15, 0.2) is 39.9 Å². The summed E-state index contributed by atoms with van der Waals surface area (Å²) in [5, 5.41) is 4.29. The number of thiophene rings is 1. The zero-order valence-corrected chi connectivity index (χ0v) is 16.7. The van der Waals surface area contributed by atoms with E-state index in [0.29, 0.717) is 37.2 Å². The van der Waals surface area contributed by atoms with Crippen LogP contribution in [-0.2, 0) is 16.6 Å². The van der Waals surface area contributed by atoms with Crippen molar-refractivity contribution >= 4 is 21.4 Å². The molecule has 1 aromatic heterocycles. The van der Waals surface area contributed by atoms with E-state index in [1.54, 1.807) is 29.5 Å². The third kappa shape index (κ3) is 4.63. The van der Waals surface area contributed by atoms with Gasteiger partial charge < -0.3 is 9.47 Å². The summed E-state index contributed by atoms with van der Waals surface area (Å²) in [4.78, 5) is 2.66. The predicted octanol–water partition coefficient (Wildman–Crippen LogP) is 2.71. The zero-order valence-electron chi connectivity index (χ0n) is 15.1. The third-order valence-electron chi connectivity index (χ3n) is 5.08. The van der Waals surface area contributed by atoms with Gasteiger partial charge in [0.1, 0.15) is 13.2 Å². The molecule has 3 heterocycles. The summed E-state index contributed by atoms with van der Waals surface area (Å²) < 4.78 is 38.9. The van der Waals surface area contributed by atoms with Gasteiger partial charge in [-0.2, -0.15) is 11.3 Å². The van der Waals surface area contributed by atoms with Gasteiger partial charge in [-0.1, -0.05) is 0 Å². The molecule has 8 heteroatoms. The largest absolute Gasteiger partial charge is 0.486 e. The molecule has 1 saturated heterocycles. The van der Waals surface area contributed by atoms with E-state index in [1.807, 2.05) is 0 Å². The zero-order chi connectivity index (χ0) is 18.7. The first-order valence-corrected chi connectivity index (χ1v) is 11.7. The third-order valence-corrected chi connectivity index (χ3v) is 7.23. The maximum absolute atomic E-state index is 12.6. The highest BCUT2D eigenvalue weighted by Crippen LogP contribution is 2.32. The normalized spacial score (nSPS) is 18.5. The van der Waals surface area contributed by atoms with Gasteiger partial charge in [0.15, 0.2) is 11.5 Å². The van der Waals surface area contributed by atoms with Gasteiger partial charge in [-0.3, -0.25) is 4.90 Å². The van der Waals surface area contributed by atoms with Crippen molar-refractivity contribution in [3.05, 3.63) is 40.6 Å². The number of nitrogens with one attached hydrogen (secondary N) is 1. The predicted molar refractivity (Wildman–Crippen MR) is 105 cm³/mol. The van der Waals surface area contributed by atoms with Crippen LogP contribution in [0, 0.1) is 5.92 Å². The first-order chi connectivity index (χ1) is 13.1. The standard InChI is InChI=1S/C19H24N2O4S2/c22-27(23,17-1-2-18-19(11-17)25-9-8-24-18)20-12-15-3-6-21(7-4-15)13-16-5-10-26-14-16/h1-2,5,10-11,14-15,20H,3-4,6-9,12-13H2. The quantitative estimate of drug-likeness (QED) is 0.796. The minimum absolute atomic E-state index is 0.224. The minimum atomic E-state index is -3.55. The lowest BCUT2D eigenvalue weighted by atomic mass is 9.97. The lowest BCUT2D eigenvalue weighted by Crippen LogP contribution is -2.38. The Bertz CT molecular complexity index is 860. The molecule has 0 amide bonds. The Kier molecular flexibility index (Phi) is 5.68. The molecule has 0 unspecified atom stereocenters. The Hall–Kier alpha value is -1.61. The highest BCUT2D eigenvalue weighted by atomic mass is 32.2. The van der Waals surface area contributed by atoms with Gasteiger partial charge in [0.05, 0.1) is 4.90 Å². The highest BCUT2D eigenvalue weighted by Gasteiger charge is 2.23. The number of likely N-dealkylation sites (tertiary alicyclic amines) is 1. The molecule has 2 aliphatic heterocycles. The molecule has 1 fully saturated rings. The lowest BCUT2D eigenvalue weighted by molar-refractivity contribution is 0.171. The van der Waals surface area contributed by atoms with Crippen LogP contribution < -0.4 is 14.2 Å². The molecule has 27 heavy (non-hydrogen) atoms. The van der Waals surface area contributed by atoms with Crippen LogP contribution in [0.3, 0.4) is 0 Å². The fourth-order valence-corrected chi connectivity index (χ4v) is 5.28. The number of sulfonamides is 1. The minimum Gasteiger partial charge on any atom is -0.486 e. The number of piperidine rings is 1. The molecule has 1 aromatic carbocycles. The van der Waals surface area contributed by atoms with Gasteiger partial charge in [0.2, 0.25) is 10.0 Å². The summed E-state index contributed by atoms with van der Waals surface area (Å²) in [6, 6.07) is 6.93. The van der Waals surface area contributed by atoms with E-state index >= 15 is 0 Å². The Morgan fingerprint density at radius 3 is 2.63 bits per heavy atom. The van der Waals surface area contributed by atoms with Crippen molar-refractivity contribution in [2.45, 2.75) is 24.3 Å². The molecule has 0 spiro atoms. The second kappa shape index (κ2) is 8.18. The second-order valence-corrected chi connectivity index (χ2v) is 9.56. The van der Waals surface area contributed by atoms with Gasteiger partial charge in [0.25, 0.3) is 0 Å². The van der Waals surface area contributed by atoms with Crippen molar-refractivity contribution in [1.82, 2.24) is 9.62 Å². The van der Waals surface area contributed by atoms with E-state index in [9.17, 15) is 8.42 Å². The van der Waals surface area contributed by atoms with Crippen LogP contribution >= 0.6 is 11.3 Å². The molecule has 0 radical (unpaired) electrons. The van der Waals surface area contributed by atoms with E-state index in [-0.39, 0.29) is 4.90 Å². The van der Waals surface area contributed by atoms with Crippen molar-refractivity contribution < 1.29 is 17.9 Å².